The molecule has 1 fully saturated rings. The summed E-state index contributed by atoms with van der Waals surface area (Å²) in [7, 11) is 0. The van der Waals surface area contributed by atoms with Gasteiger partial charge in [-0.1, -0.05) is 0 Å². The third-order valence-corrected chi connectivity index (χ3v) is 4.13. The summed E-state index contributed by atoms with van der Waals surface area (Å²) in [6.07, 6.45) is 0.0997. The Balaban J connectivity index is 1.66. The molecule has 0 aromatic heterocycles. The molecule has 1 aliphatic rings. The van der Waals surface area contributed by atoms with Crippen LogP contribution in [0.2, 0.25) is 0 Å². The summed E-state index contributed by atoms with van der Waals surface area (Å²) in [6.45, 7) is 6.97. The van der Waals surface area contributed by atoms with E-state index >= 15 is 0 Å². The third-order valence-electron chi connectivity index (χ3n) is 4.13. The van der Waals surface area contributed by atoms with E-state index in [9.17, 15) is 4.79 Å². The molecule has 26 heavy (non-hydrogen) atoms. The van der Waals surface area contributed by atoms with Crippen molar-refractivity contribution in [2.75, 3.05) is 42.3 Å². The summed E-state index contributed by atoms with van der Waals surface area (Å²) < 4.78 is 11.0. The van der Waals surface area contributed by atoms with Gasteiger partial charge >= 0.3 is 0 Å². The van der Waals surface area contributed by atoms with Crippen molar-refractivity contribution < 1.29 is 14.3 Å². The number of hydrogen-bond donors (Lipinski definition) is 2. The summed E-state index contributed by atoms with van der Waals surface area (Å²) in [5.74, 6) is 0.565. The number of nitrogen functional groups attached to an aromatic ring is 1. The first-order chi connectivity index (χ1) is 12.5. The van der Waals surface area contributed by atoms with Gasteiger partial charge < -0.3 is 25.4 Å². The molecule has 6 nitrogen and oxygen atoms in total. The number of nitrogens with zero attached hydrogens (tertiary/aromatic N) is 1. The number of nitrogens with one attached hydrogen (secondary N) is 1. The maximum Gasteiger partial charge on any atom is 0.255 e. The minimum atomic E-state index is -0.181. The normalized spacial score (nSPS) is 14.3. The van der Waals surface area contributed by atoms with Gasteiger partial charge in [-0.05, 0) is 56.3 Å². The van der Waals surface area contributed by atoms with Gasteiger partial charge in [0.15, 0.2) is 0 Å². The molecular weight excluding hydrogens is 330 g/mol. The molecule has 6 heteroatoms. The quantitative estimate of drug-likeness (QED) is 0.806. The van der Waals surface area contributed by atoms with Crippen LogP contribution in [0, 0.1) is 0 Å². The molecule has 0 radical (unpaired) electrons. The van der Waals surface area contributed by atoms with Crippen LogP contribution in [0.1, 0.15) is 24.2 Å². The molecule has 0 unspecified atom stereocenters. The van der Waals surface area contributed by atoms with E-state index in [1.807, 2.05) is 26.0 Å². The fourth-order valence-electron chi connectivity index (χ4n) is 2.88. The Morgan fingerprint density at radius 1 is 1.15 bits per heavy atom. The van der Waals surface area contributed by atoms with Crippen LogP contribution in [0.3, 0.4) is 0 Å². The molecular formula is C20H25N3O3. The van der Waals surface area contributed by atoms with E-state index < -0.39 is 0 Å². The standard InChI is InChI=1S/C20H25N3O3/c1-14(2)26-17-6-3-15(4-7-17)20(24)22-16-5-8-19(18(21)13-16)23-9-11-25-12-10-23/h3-8,13-14H,9-12,21H2,1-2H3,(H,22,24). The maximum absolute atomic E-state index is 12.4. The fourth-order valence-corrected chi connectivity index (χ4v) is 2.88. The van der Waals surface area contributed by atoms with Gasteiger partial charge in [0.2, 0.25) is 0 Å². The maximum atomic E-state index is 12.4. The molecule has 1 aliphatic heterocycles. The van der Waals surface area contributed by atoms with Gasteiger partial charge in [0, 0.05) is 24.3 Å². The average molecular weight is 355 g/mol. The van der Waals surface area contributed by atoms with Crippen molar-refractivity contribution in [3.63, 3.8) is 0 Å². The fraction of sp³-hybridized carbons (Fsp3) is 0.350. The smallest absolute Gasteiger partial charge is 0.255 e. The van der Waals surface area contributed by atoms with Crippen LogP contribution in [0.5, 0.6) is 5.75 Å². The zero-order valence-electron chi connectivity index (χ0n) is 15.2. The van der Waals surface area contributed by atoms with E-state index in [2.05, 4.69) is 10.2 Å². The van der Waals surface area contributed by atoms with E-state index in [0.717, 1.165) is 24.5 Å². The van der Waals surface area contributed by atoms with E-state index in [0.29, 0.717) is 30.2 Å². The lowest BCUT2D eigenvalue weighted by Gasteiger charge is -2.30. The molecule has 0 atom stereocenters. The van der Waals surface area contributed by atoms with Crippen LogP contribution in [0.4, 0.5) is 17.1 Å². The molecule has 3 rings (SSSR count). The molecule has 138 valence electrons. The lowest BCUT2D eigenvalue weighted by atomic mass is 10.1. The summed E-state index contributed by atoms with van der Waals surface area (Å²) in [5.41, 5.74) is 9.04. The van der Waals surface area contributed by atoms with Gasteiger partial charge in [-0.25, -0.2) is 0 Å². The zero-order chi connectivity index (χ0) is 18.5. The van der Waals surface area contributed by atoms with Crippen molar-refractivity contribution >= 4 is 23.0 Å². The Kier molecular flexibility index (Phi) is 5.63. The Morgan fingerprint density at radius 3 is 2.46 bits per heavy atom. The Morgan fingerprint density at radius 2 is 1.85 bits per heavy atom. The monoisotopic (exact) mass is 355 g/mol. The van der Waals surface area contributed by atoms with E-state index in [-0.39, 0.29) is 12.0 Å². The summed E-state index contributed by atoms with van der Waals surface area (Å²) in [4.78, 5) is 14.6. The number of ether oxygens (including phenoxy) is 2. The SMILES string of the molecule is CC(C)Oc1ccc(C(=O)Nc2ccc(N3CCOCC3)c(N)c2)cc1. The predicted octanol–water partition coefficient (Wildman–Crippen LogP) is 3.14. The Labute approximate surface area is 153 Å². The second-order valence-corrected chi connectivity index (χ2v) is 6.52. The molecule has 1 amide bonds. The summed E-state index contributed by atoms with van der Waals surface area (Å²) >= 11 is 0. The number of rotatable bonds is 5. The van der Waals surface area contributed by atoms with Gasteiger partial charge in [0.05, 0.1) is 30.7 Å². The molecule has 3 N–H and O–H groups in total. The van der Waals surface area contributed by atoms with Crippen molar-refractivity contribution in [1.29, 1.82) is 0 Å². The molecule has 0 saturated carbocycles. The summed E-state index contributed by atoms with van der Waals surface area (Å²) in [6, 6.07) is 12.7. The number of hydrogen-bond acceptors (Lipinski definition) is 5. The molecule has 2 aromatic rings. The number of anilines is 3. The van der Waals surface area contributed by atoms with Crippen LogP contribution < -0.4 is 20.7 Å². The first-order valence-electron chi connectivity index (χ1n) is 8.83. The van der Waals surface area contributed by atoms with E-state index in [1.165, 1.54) is 0 Å². The van der Waals surface area contributed by atoms with Gasteiger partial charge in [0.1, 0.15) is 5.75 Å². The highest BCUT2D eigenvalue weighted by Gasteiger charge is 2.14. The lowest BCUT2D eigenvalue weighted by Crippen LogP contribution is -2.36. The topological polar surface area (TPSA) is 76.8 Å². The second kappa shape index (κ2) is 8.10. The molecule has 1 saturated heterocycles. The minimum Gasteiger partial charge on any atom is -0.491 e. The van der Waals surface area contributed by atoms with Crippen LogP contribution >= 0.6 is 0 Å². The lowest BCUT2D eigenvalue weighted by molar-refractivity contribution is 0.102. The van der Waals surface area contributed by atoms with Crippen LogP contribution in [0.15, 0.2) is 42.5 Å². The van der Waals surface area contributed by atoms with Crippen molar-refractivity contribution in [1.82, 2.24) is 0 Å². The number of benzene rings is 2. The summed E-state index contributed by atoms with van der Waals surface area (Å²) in [5, 5.41) is 2.89. The largest absolute Gasteiger partial charge is 0.491 e. The molecule has 2 aromatic carbocycles. The number of amides is 1. The van der Waals surface area contributed by atoms with Crippen LogP contribution in [-0.4, -0.2) is 38.3 Å². The van der Waals surface area contributed by atoms with E-state index in [4.69, 9.17) is 15.2 Å². The van der Waals surface area contributed by atoms with Gasteiger partial charge in [-0.15, -0.1) is 0 Å². The molecule has 0 aliphatic carbocycles. The van der Waals surface area contributed by atoms with Gasteiger partial charge in [-0.3, -0.25) is 4.79 Å². The van der Waals surface area contributed by atoms with E-state index in [1.54, 1.807) is 30.3 Å². The highest BCUT2D eigenvalue weighted by atomic mass is 16.5. The van der Waals surface area contributed by atoms with Crippen molar-refractivity contribution in [2.45, 2.75) is 20.0 Å². The second-order valence-electron chi connectivity index (χ2n) is 6.52. The highest BCUT2D eigenvalue weighted by Crippen LogP contribution is 2.27. The Bertz CT molecular complexity index is 753. The van der Waals surface area contributed by atoms with Crippen molar-refractivity contribution in [3.05, 3.63) is 48.0 Å². The predicted molar refractivity (Wildman–Crippen MR) is 104 cm³/mol. The first kappa shape index (κ1) is 18.1. The van der Waals surface area contributed by atoms with Gasteiger partial charge in [-0.2, -0.15) is 0 Å². The van der Waals surface area contributed by atoms with Gasteiger partial charge in [0.25, 0.3) is 5.91 Å². The number of nitrogens with two attached hydrogens (primary N) is 1. The first-order valence-corrected chi connectivity index (χ1v) is 8.83. The van der Waals surface area contributed by atoms with Crippen molar-refractivity contribution in [2.24, 2.45) is 0 Å². The zero-order valence-corrected chi connectivity index (χ0v) is 15.2. The minimum absolute atomic E-state index is 0.0997. The highest BCUT2D eigenvalue weighted by molar-refractivity contribution is 6.04. The number of carbonyl (C=O) groups excluding carboxylic acids is 1. The number of carbonyl (C=O) groups is 1. The molecule has 0 bridgehead atoms. The molecule has 0 spiro atoms. The molecule has 1 heterocycles. The average Bonchev–Trinajstić information content (AvgIpc) is 2.62. The van der Waals surface area contributed by atoms with Crippen LogP contribution in [-0.2, 0) is 4.74 Å². The number of morpholine rings is 1. The Hall–Kier alpha value is -2.73. The third kappa shape index (κ3) is 4.46. The van der Waals surface area contributed by atoms with Crippen LogP contribution in [0.25, 0.3) is 0 Å². The van der Waals surface area contributed by atoms with Crippen molar-refractivity contribution in [3.8, 4) is 5.75 Å².